The van der Waals surface area contributed by atoms with Crippen LogP contribution in [0.3, 0.4) is 0 Å². The largest absolute Gasteiger partial charge is 0.484 e. The number of para-hydroxylation sites is 1. The topological polar surface area (TPSA) is 106 Å². The molecule has 0 unspecified atom stereocenters. The molecule has 1 heterocycles. The summed E-state index contributed by atoms with van der Waals surface area (Å²) in [5.74, 6) is 0.802. The molecule has 1 aliphatic carbocycles. The van der Waals surface area contributed by atoms with E-state index in [1.807, 2.05) is 18.2 Å². The second-order valence-corrected chi connectivity index (χ2v) is 5.44. The molecule has 0 spiro atoms. The van der Waals surface area contributed by atoms with Gasteiger partial charge in [0.15, 0.2) is 12.4 Å². The van der Waals surface area contributed by atoms with Gasteiger partial charge >= 0.3 is 11.8 Å². The molecule has 1 aliphatic rings. The summed E-state index contributed by atoms with van der Waals surface area (Å²) in [7, 11) is 0. The van der Waals surface area contributed by atoms with Crippen LogP contribution in [0.5, 0.6) is 5.75 Å². The van der Waals surface area contributed by atoms with E-state index in [0.717, 1.165) is 12.8 Å². The lowest BCUT2D eigenvalue weighted by atomic mass is 10.3. The molecule has 2 amide bonds. The third-order valence-corrected chi connectivity index (χ3v) is 3.42. The molecular weight excluding hydrogens is 312 g/mol. The van der Waals surface area contributed by atoms with Crippen LogP contribution in [0.15, 0.2) is 34.9 Å². The van der Waals surface area contributed by atoms with Crippen molar-refractivity contribution in [1.82, 2.24) is 20.8 Å². The van der Waals surface area contributed by atoms with E-state index in [1.54, 1.807) is 12.1 Å². The minimum atomic E-state index is -0.441. The molecule has 0 saturated heterocycles. The van der Waals surface area contributed by atoms with Gasteiger partial charge in [0.25, 0.3) is 5.91 Å². The van der Waals surface area contributed by atoms with Crippen molar-refractivity contribution in [3.05, 3.63) is 42.0 Å². The minimum absolute atomic E-state index is 0.0457. The van der Waals surface area contributed by atoms with E-state index >= 15 is 0 Å². The Morgan fingerprint density at radius 2 is 1.92 bits per heavy atom. The number of ether oxygens (including phenoxy) is 1. The summed E-state index contributed by atoms with van der Waals surface area (Å²) >= 11 is 0. The lowest BCUT2D eigenvalue weighted by Gasteiger charge is -2.07. The summed E-state index contributed by atoms with van der Waals surface area (Å²) in [5.41, 5.74) is 0. The Morgan fingerprint density at radius 1 is 1.17 bits per heavy atom. The maximum Gasteiger partial charge on any atom is 0.315 e. The molecule has 0 bridgehead atoms. The van der Waals surface area contributed by atoms with Crippen molar-refractivity contribution in [1.29, 1.82) is 0 Å². The van der Waals surface area contributed by atoms with Crippen LogP contribution in [0.1, 0.15) is 35.3 Å². The molecule has 1 fully saturated rings. The first kappa shape index (κ1) is 16.0. The smallest absolute Gasteiger partial charge is 0.315 e. The lowest BCUT2D eigenvalue weighted by molar-refractivity contribution is -0.123. The Hall–Kier alpha value is -2.90. The van der Waals surface area contributed by atoms with Crippen molar-refractivity contribution < 1.29 is 18.8 Å². The Kier molecular flexibility index (Phi) is 5.05. The van der Waals surface area contributed by atoms with Crippen molar-refractivity contribution >= 4 is 11.8 Å². The van der Waals surface area contributed by atoms with Gasteiger partial charge in [0, 0.05) is 19.0 Å². The SMILES string of the molecule is O=C(COc1ccccc1)NCCNC(=O)c1nc(C2CC2)no1. The van der Waals surface area contributed by atoms with Gasteiger partial charge in [-0.2, -0.15) is 4.98 Å². The van der Waals surface area contributed by atoms with E-state index in [2.05, 4.69) is 20.8 Å². The zero-order chi connectivity index (χ0) is 16.8. The van der Waals surface area contributed by atoms with E-state index in [1.165, 1.54) is 0 Å². The Bertz CT molecular complexity index is 697. The fourth-order valence-electron chi connectivity index (χ4n) is 2.00. The molecule has 1 aromatic carbocycles. The maximum atomic E-state index is 11.8. The van der Waals surface area contributed by atoms with Crippen LogP contribution in [-0.4, -0.2) is 41.7 Å². The third-order valence-electron chi connectivity index (χ3n) is 3.42. The quantitative estimate of drug-likeness (QED) is 0.696. The summed E-state index contributed by atoms with van der Waals surface area (Å²) in [5, 5.41) is 9.03. The van der Waals surface area contributed by atoms with Crippen LogP contribution in [0.2, 0.25) is 0 Å². The van der Waals surface area contributed by atoms with Crippen LogP contribution in [-0.2, 0) is 4.79 Å². The molecule has 8 heteroatoms. The van der Waals surface area contributed by atoms with Gasteiger partial charge in [-0.15, -0.1) is 0 Å². The van der Waals surface area contributed by atoms with E-state index in [4.69, 9.17) is 9.26 Å². The highest BCUT2D eigenvalue weighted by molar-refractivity contribution is 5.89. The molecule has 126 valence electrons. The summed E-state index contributed by atoms with van der Waals surface area (Å²) in [6.07, 6.45) is 2.08. The molecule has 0 radical (unpaired) electrons. The van der Waals surface area contributed by atoms with Crippen molar-refractivity contribution in [3.63, 3.8) is 0 Å². The van der Waals surface area contributed by atoms with E-state index < -0.39 is 5.91 Å². The normalized spacial score (nSPS) is 13.3. The first-order valence-electron chi connectivity index (χ1n) is 7.79. The molecule has 1 saturated carbocycles. The standard InChI is InChI=1S/C16H18N4O4/c21-13(10-23-12-4-2-1-3-5-12)17-8-9-18-15(22)16-19-14(20-24-16)11-6-7-11/h1-5,11H,6-10H2,(H,17,21)(H,18,22). The van der Waals surface area contributed by atoms with Crippen LogP contribution >= 0.6 is 0 Å². The number of hydrogen-bond donors (Lipinski definition) is 2. The molecule has 24 heavy (non-hydrogen) atoms. The van der Waals surface area contributed by atoms with Crippen molar-refractivity contribution in [2.24, 2.45) is 0 Å². The van der Waals surface area contributed by atoms with Gasteiger partial charge in [0.05, 0.1) is 0 Å². The van der Waals surface area contributed by atoms with Gasteiger partial charge < -0.3 is 19.9 Å². The van der Waals surface area contributed by atoms with Crippen molar-refractivity contribution in [3.8, 4) is 5.75 Å². The van der Waals surface area contributed by atoms with Crippen molar-refractivity contribution in [2.45, 2.75) is 18.8 Å². The predicted octanol–water partition coefficient (Wildman–Crippen LogP) is 0.872. The van der Waals surface area contributed by atoms with E-state index in [9.17, 15) is 9.59 Å². The van der Waals surface area contributed by atoms with Crippen LogP contribution in [0.4, 0.5) is 0 Å². The number of hydrogen-bond acceptors (Lipinski definition) is 6. The van der Waals surface area contributed by atoms with Crippen molar-refractivity contribution in [2.75, 3.05) is 19.7 Å². The Labute approximate surface area is 138 Å². The van der Waals surface area contributed by atoms with Crippen LogP contribution in [0, 0.1) is 0 Å². The molecule has 0 atom stereocenters. The molecule has 2 N–H and O–H groups in total. The predicted molar refractivity (Wildman–Crippen MR) is 83.6 cm³/mol. The molecule has 0 aliphatic heterocycles. The minimum Gasteiger partial charge on any atom is -0.484 e. The molecule has 8 nitrogen and oxygen atoms in total. The van der Waals surface area contributed by atoms with Gasteiger partial charge in [0.1, 0.15) is 5.75 Å². The Balaban J connectivity index is 1.31. The summed E-state index contributed by atoms with van der Waals surface area (Å²) < 4.78 is 10.2. The second kappa shape index (κ2) is 7.58. The van der Waals surface area contributed by atoms with Gasteiger partial charge in [-0.25, -0.2) is 0 Å². The highest BCUT2D eigenvalue weighted by Gasteiger charge is 2.29. The summed E-state index contributed by atoms with van der Waals surface area (Å²) in [6.45, 7) is 0.468. The van der Waals surface area contributed by atoms with E-state index in [0.29, 0.717) is 17.5 Å². The zero-order valence-electron chi connectivity index (χ0n) is 13.0. The van der Waals surface area contributed by atoms with Gasteiger partial charge in [0.2, 0.25) is 0 Å². The van der Waals surface area contributed by atoms with E-state index in [-0.39, 0.29) is 31.5 Å². The third kappa shape index (κ3) is 4.55. The van der Waals surface area contributed by atoms with Gasteiger partial charge in [-0.1, -0.05) is 23.4 Å². The average molecular weight is 330 g/mol. The highest BCUT2D eigenvalue weighted by Crippen LogP contribution is 2.37. The van der Waals surface area contributed by atoms with Crippen LogP contribution < -0.4 is 15.4 Å². The number of nitrogens with zero attached hydrogens (tertiary/aromatic N) is 2. The second-order valence-electron chi connectivity index (χ2n) is 5.44. The number of carbonyl (C=O) groups is 2. The number of aromatic nitrogens is 2. The van der Waals surface area contributed by atoms with Crippen LogP contribution in [0.25, 0.3) is 0 Å². The Morgan fingerprint density at radius 3 is 2.67 bits per heavy atom. The fourth-order valence-corrected chi connectivity index (χ4v) is 2.00. The number of nitrogens with one attached hydrogen (secondary N) is 2. The van der Waals surface area contributed by atoms with Gasteiger partial charge in [-0.05, 0) is 25.0 Å². The highest BCUT2D eigenvalue weighted by atomic mass is 16.5. The number of carbonyl (C=O) groups excluding carboxylic acids is 2. The number of amides is 2. The first-order chi connectivity index (χ1) is 11.7. The maximum absolute atomic E-state index is 11.8. The zero-order valence-corrected chi connectivity index (χ0v) is 13.0. The number of benzene rings is 1. The average Bonchev–Trinajstić information content (AvgIpc) is 3.34. The monoisotopic (exact) mass is 330 g/mol. The van der Waals surface area contributed by atoms with Gasteiger partial charge in [-0.3, -0.25) is 9.59 Å². The molecule has 2 aromatic rings. The molecule has 3 rings (SSSR count). The summed E-state index contributed by atoms with van der Waals surface area (Å²) in [6, 6.07) is 9.07. The first-order valence-corrected chi connectivity index (χ1v) is 7.79. The molecule has 1 aromatic heterocycles. The molecular formula is C16H18N4O4. The lowest BCUT2D eigenvalue weighted by Crippen LogP contribution is -2.36. The summed E-state index contributed by atoms with van der Waals surface area (Å²) in [4.78, 5) is 27.5. The number of rotatable bonds is 8. The fraction of sp³-hybridized carbons (Fsp3) is 0.375.